The van der Waals surface area contributed by atoms with Crippen molar-refractivity contribution in [3.63, 3.8) is 0 Å². The Hall–Kier alpha value is -2.39. The lowest BCUT2D eigenvalue weighted by molar-refractivity contribution is 0.567. The number of aromatic amines is 2. The summed E-state index contributed by atoms with van der Waals surface area (Å²) >= 11 is 0. The van der Waals surface area contributed by atoms with E-state index in [9.17, 15) is 14.4 Å². The topological polar surface area (TPSA) is 82.8 Å². The molecule has 0 atom stereocenters. The molecule has 0 bridgehead atoms. The average Bonchev–Trinajstić information content (AvgIpc) is 2.29. The number of hydrogen-bond acceptors (Lipinski definition) is 3. The molecule has 1 heterocycles. The smallest absolute Gasteiger partial charge is 0.314 e. The van der Waals surface area contributed by atoms with Crippen LogP contribution in [-0.4, -0.2) is 15.9 Å². The zero-order chi connectivity index (χ0) is 11.5. The van der Waals surface area contributed by atoms with Crippen LogP contribution in [0.1, 0.15) is 12.0 Å². The van der Waals surface area contributed by atoms with E-state index in [-0.39, 0.29) is 0 Å². The zero-order valence-electron chi connectivity index (χ0n) is 8.24. The Morgan fingerprint density at radius 1 is 1.31 bits per heavy atom. The summed E-state index contributed by atoms with van der Waals surface area (Å²) in [6.07, 6.45) is 6.72. The van der Waals surface area contributed by atoms with Gasteiger partial charge in [0, 0.05) is 18.2 Å². The number of hydrogen-bond donors (Lipinski definition) is 2. The molecule has 2 rings (SSSR count). The van der Waals surface area contributed by atoms with Crippen LogP contribution in [0.15, 0.2) is 39.6 Å². The third-order valence-electron chi connectivity index (χ3n) is 2.27. The first-order chi connectivity index (χ1) is 7.70. The van der Waals surface area contributed by atoms with E-state index in [2.05, 4.69) is 9.97 Å². The van der Waals surface area contributed by atoms with Crippen LogP contribution in [0.2, 0.25) is 0 Å². The summed E-state index contributed by atoms with van der Waals surface area (Å²) in [5, 5.41) is 0. The fourth-order valence-corrected chi connectivity index (χ4v) is 1.51. The predicted octanol–water partition coefficient (Wildman–Crippen LogP) is 0.164. The molecule has 0 radical (unpaired) electrons. The third kappa shape index (κ3) is 1.85. The molecule has 1 aromatic rings. The number of carbonyl (C=O) groups excluding carboxylic acids is 1. The van der Waals surface area contributed by atoms with Crippen LogP contribution in [-0.2, 0) is 4.79 Å². The summed E-state index contributed by atoms with van der Waals surface area (Å²) in [5.41, 5.74) is 0.501. The van der Waals surface area contributed by atoms with Crippen LogP contribution in [0.3, 0.4) is 0 Å². The van der Waals surface area contributed by atoms with E-state index in [0.29, 0.717) is 23.1 Å². The van der Waals surface area contributed by atoms with Crippen molar-refractivity contribution < 1.29 is 4.79 Å². The molecule has 1 aliphatic rings. The van der Waals surface area contributed by atoms with Crippen molar-refractivity contribution in [1.29, 1.82) is 0 Å². The average molecular weight is 216 g/mol. The second-order valence-electron chi connectivity index (χ2n) is 3.34. The molecule has 0 aliphatic heterocycles. The van der Waals surface area contributed by atoms with Gasteiger partial charge in [0.05, 0.1) is 5.56 Å². The van der Waals surface area contributed by atoms with E-state index in [1.807, 2.05) is 0 Å². The Kier molecular flexibility index (Phi) is 2.54. The monoisotopic (exact) mass is 216 g/mol. The molecule has 0 saturated carbocycles. The first kappa shape index (κ1) is 10.1. The van der Waals surface area contributed by atoms with E-state index in [4.69, 9.17) is 0 Å². The van der Waals surface area contributed by atoms with Gasteiger partial charge in [-0.2, -0.15) is 0 Å². The number of H-pyrrole nitrogens is 2. The van der Waals surface area contributed by atoms with Gasteiger partial charge in [-0.15, -0.1) is 0 Å². The lowest BCUT2D eigenvalue weighted by Gasteiger charge is -2.07. The Morgan fingerprint density at radius 3 is 2.81 bits per heavy atom. The lowest BCUT2D eigenvalue weighted by Crippen LogP contribution is -2.24. The van der Waals surface area contributed by atoms with Gasteiger partial charge in [0.2, 0.25) is 0 Å². The van der Waals surface area contributed by atoms with Gasteiger partial charge in [-0.05, 0) is 11.6 Å². The van der Waals surface area contributed by atoms with E-state index in [0.717, 1.165) is 0 Å². The van der Waals surface area contributed by atoms with E-state index in [1.54, 1.807) is 24.2 Å². The van der Waals surface area contributed by atoms with Gasteiger partial charge in [-0.3, -0.25) is 9.78 Å². The maximum atomic E-state index is 11.5. The minimum absolute atomic E-state index is 0.342. The van der Waals surface area contributed by atoms with E-state index < -0.39 is 11.2 Å². The van der Waals surface area contributed by atoms with Crippen molar-refractivity contribution in [2.75, 3.05) is 0 Å². The van der Waals surface area contributed by atoms with Crippen LogP contribution in [0.5, 0.6) is 0 Å². The highest BCUT2D eigenvalue weighted by atomic mass is 16.2. The maximum Gasteiger partial charge on any atom is 0.325 e. The molecule has 0 amide bonds. The maximum absolute atomic E-state index is 11.5. The molecule has 0 unspecified atom stereocenters. The molecule has 80 valence electrons. The van der Waals surface area contributed by atoms with Crippen LogP contribution in [0, 0.1) is 0 Å². The third-order valence-corrected chi connectivity index (χ3v) is 2.27. The van der Waals surface area contributed by atoms with Crippen LogP contribution in [0.4, 0.5) is 0 Å². The molecular formula is C11H8N2O3. The molecule has 5 heteroatoms. The van der Waals surface area contributed by atoms with Gasteiger partial charge >= 0.3 is 5.69 Å². The molecule has 0 spiro atoms. The zero-order valence-corrected chi connectivity index (χ0v) is 8.24. The quantitative estimate of drug-likeness (QED) is 0.656. The van der Waals surface area contributed by atoms with Gasteiger partial charge in [0.25, 0.3) is 5.56 Å². The lowest BCUT2D eigenvalue weighted by atomic mass is 9.96. The molecule has 16 heavy (non-hydrogen) atoms. The molecular weight excluding hydrogens is 208 g/mol. The molecule has 0 aromatic carbocycles. The van der Waals surface area contributed by atoms with Crippen LogP contribution in [0.25, 0.3) is 5.57 Å². The van der Waals surface area contributed by atoms with E-state index >= 15 is 0 Å². The SMILES string of the molecule is O=C=C1C=CC=C(c2c[nH]c(=O)[nH]c2=O)C1. The predicted molar refractivity (Wildman–Crippen MR) is 58.6 cm³/mol. The van der Waals surface area contributed by atoms with Gasteiger partial charge in [0.1, 0.15) is 5.94 Å². The van der Waals surface area contributed by atoms with Crippen molar-refractivity contribution >= 4 is 11.5 Å². The second kappa shape index (κ2) is 4.00. The summed E-state index contributed by atoms with van der Waals surface area (Å²) in [6.45, 7) is 0. The van der Waals surface area contributed by atoms with Gasteiger partial charge < -0.3 is 4.98 Å². The number of rotatable bonds is 1. The first-order valence-electron chi connectivity index (χ1n) is 4.64. The Labute approximate surface area is 89.8 Å². The van der Waals surface area contributed by atoms with Crippen LogP contribution >= 0.6 is 0 Å². The van der Waals surface area contributed by atoms with Crippen molar-refractivity contribution in [2.45, 2.75) is 6.42 Å². The van der Waals surface area contributed by atoms with Gasteiger partial charge in [-0.25, -0.2) is 9.59 Å². The normalized spacial score (nSPS) is 14.5. The summed E-state index contributed by atoms with van der Waals surface area (Å²) in [5.74, 6) is 1.79. The first-order valence-corrected chi connectivity index (χ1v) is 4.64. The summed E-state index contributed by atoms with van der Waals surface area (Å²) < 4.78 is 0. The Bertz CT molecular complexity index is 640. The molecule has 0 fully saturated rings. The van der Waals surface area contributed by atoms with Crippen LogP contribution < -0.4 is 11.2 Å². The summed E-state index contributed by atoms with van der Waals surface area (Å²) in [4.78, 5) is 37.3. The minimum Gasteiger partial charge on any atom is -0.314 e. The highest BCUT2D eigenvalue weighted by Crippen LogP contribution is 2.22. The van der Waals surface area contributed by atoms with Crippen molar-refractivity contribution in [1.82, 2.24) is 9.97 Å². The number of allylic oxidation sites excluding steroid dienone is 5. The number of aromatic nitrogens is 2. The second-order valence-corrected chi connectivity index (χ2v) is 3.34. The van der Waals surface area contributed by atoms with Crippen molar-refractivity contribution in [3.8, 4) is 0 Å². The fourth-order valence-electron chi connectivity index (χ4n) is 1.51. The molecule has 0 saturated heterocycles. The summed E-state index contributed by atoms with van der Waals surface area (Å²) in [7, 11) is 0. The fraction of sp³-hybridized carbons (Fsp3) is 0.0909. The minimum atomic E-state index is -0.549. The highest BCUT2D eigenvalue weighted by molar-refractivity contribution is 5.75. The number of nitrogens with one attached hydrogen (secondary N) is 2. The van der Waals surface area contributed by atoms with E-state index in [1.165, 1.54) is 6.20 Å². The molecule has 2 N–H and O–H groups in total. The largest absolute Gasteiger partial charge is 0.325 e. The standard InChI is InChI=1S/C11H8N2O3/c14-6-7-2-1-3-8(4-7)9-5-12-11(16)13-10(9)15/h1-3,5H,4H2,(H2,12,13,15,16). The van der Waals surface area contributed by atoms with Crippen molar-refractivity contribution in [2.24, 2.45) is 0 Å². The van der Waals surface area contributed by atoms with Gasteiger partial charge in [0.15, 0.2) is 0 Å². The van der Waals surface area contributed by atoms with Crippen molar-refractivity contribution in [3.05, 3.63) is 56.4 Å². The molecule has 5 nitrogen and oxygen atoms in total. The van der Waals surface area contributed by atoms with Gasteiger partial charge in [-0.1, -0.05) is 12.2 Å². The highest BCUT2D eigenvalue weighted by Gasteiger charge is 2.10. The summed E-state index contributed by atoms with van der Waals surface area (Å²) in [6, 6.07) is 0. The Balaban J connectivity index is 2.50. The Morgan fingerprint density at radius 2 is 2.12 bits per heavy atom. The molecule has 1 aromatic heterocycles. The molecule has 1 aliphatic carbocycles.